The SMILES string of the molecule is O=C(O)N1CCN(C(=O)O)[C@H](CCOc2cccc(F)c2)C1. The number of carbonyl (C=O) groups is 2. The highest BCUT2D eigenvalue weighted by Crippen LogP contribution is 2.16. The van der Waals surface area contributed by atoms with E-state index in [4.69, 9.17) is 14.9 Å². The monoisotopic (exact) mass is 312 g/mol. The van der Waals surface area contributed by atoms with Crippen molar-refractivity contribution < 1.29 is 28.9 Å². The van der Waals surface area contributed by atoms with Gasteiger partial charge in [0.25, 0.3) is 0 Å². The Labute approximate surface area is 126 Å². The van der Waals surface area contributed by atoms with E-state index in [2.05, 4.69) is 0 Å². The molecule has 0 spiro atoms. The summed E-state index contributed by atoms with van der Waals surface area (Å²) in [6.45, 7) is 0.564. The number of halogens is 1. The third-order valence-corrected chi connectivity index (χ3v) is 3.51. The van der Waals surface area contributed by atoms with Gasteiger partial charge in [-0.15, -0.1) is 0 Å². The van der Waals surface area contributed by atoms with Crippen LogP contribution in [0.3, 0.4) is 0 Å². The molecule has 2 N–H and O–H groups in total. The molecule has 1 atom stereocenters. The summed E-state index contributed by atoms with van der Waals surface area (Å²) < 4.78 is 18.4. The van der Waals surface area contributed by atoms with Gasteiger partial charge in [0.05, 0.1) is 12.6 Å². The summed E-state index contributed by atoms with van der Waals surface area (Å²) in [5.74, 6) is -0.0628. The number of carboxylic acid groups (broad SMARTS) is 2. The Hall–Kier alpha value is -2.51. The Kier molecular flexibility index (Phi) is 5.03. The molecule has 0 unspecified atom stereocenters. The minimum atomic E-state index is -1.08. The van der Waals surface area contributed by atoms with Crippen molar-refractivity contribution in [1.29, 1.82) is 0 Å². The molecule has 7 nitrogen and oxygen atoms in total. The van der Waals surface area contributed by atoms with Crippen LogP contribution in [0.5, 0.6) is 5.75 Å². The number of ether oxygens (including phenoxy) is 1. The van der Waals surface area contributed by atoms with Gasteiger partial charge in [0.1, 0.15) is 11.6 Å². The molecule has 1 aromatic carbocycles. The third-order valence-electron chi connectivity index (χ3n) is 3.51. The molecule has 1 saturated heterocycles. The quantitative estimate of drug-likeness (QED) is 0.886. The lowest BCUT2D eigenvalue weighted by Gasteiger charge is -2.38. The topological polar surface area (TPSA) is 90.3 Å². The van der Waals surface area contributed by atoms with Gasteiger partial charge < -0.3 is 24.7 Å². The van der Waals surface area contributed by atoms with Gasteiger partial charge in [0, 0.05) is 32.1 Å². The van der Waals surface area contributed by atoms with Crippen molar-refractivity contribution in [1.82, 2.24) is 9.80 Å². The van der Waals surface area contributed by atoms with Crippen LogP contribution in [0.15, 0.2) is 24.3 Å². The van der Waals surface area contributed by atoms with Gasteiger partial charge in [-0.2, -0.15) is 0 Å². The van der Waals surface area contributed by atoms with E-state index < -0.39 is 24.0 Å². The van der Waals surface area contributed by atoms with Crippen LogP contribution in [0.2, 0.25) is 0 Å². The van der Waals surface area contributed by atoms with Crippen molar-refractivity contribution in [3.8, 4) is 5.75 Å². The molecule has 2 amide bonds. The second-order valence-corrected chi connectivity index (χ2v) is 4.95. The van der Waals surface area contributed by atoms with Crippen molar-refractivity contribution in [3.05, 3.63) is 30.1 Å². The molecule has 0 bridgehead atoms. The fourth-order valence-electron chi connectivity index (χ4n) is 2.40. The molecular weight excluding hydrogens is 295 g/mol. The van der Waals surface area contributed by atoms with Crippen LogP contribution in [0.4, 0.5) is 14.0 Å². The van der Waals surface area contributed by atoms with Crippen molar-refractivity contribution in [2.45, 2.75) is 12.5 Å². The highest BCUT2D eigenvalue weighted by molar-refractivity contribution is 5.68. The minimum absolute atomic E-state index is 0.105. The predicted octanol–water partition coefficient (Wildman–Crippen LogP) is 1.94. The maximum atomic E-state index is 13.0. The van der Waals surface area contributed by atoms with Gasteiger partial charge in [-0.1, -0.05) is 6.07 Å². The highest BCUT2D eigenvalue weighted by Gasteiger charge is 2.32. The van der Waals surface area contributed by atoms with Gasteiger partial charge in [-0.05, 0) is 12.1 Å². The zero-order valence-electron chi connectivity index (χ0n) is 11.8. The summed E-state index contributed by atoms with van der Waals surface area (Å²) in [5, 5.41) is 18.2. The van der Waals surface area contributed by atoms with E-state index >= 15 is 0 Å². The number of rotatable bonds is 4. The molecule has 1 aromatic rings. The van der Waals surface area contributed by atoms with E-state index in [1.807, 2.05) is 0 Å². The Morgan fingerprint density at radius 2 is 2.05 bits per heavy atom. The van der Waals surface area contributed by atoms with Crippen LogP contribution in [-0.2, 0) is 0 Å². The fourth-order valence-corrected chi connectivity index (χ4v) is 2.40. The first-order chi connectivity index (χ1) is 10.5. The van der Waals surface area contributed by atoms with Gasteiger partial charge in [-0.3, -0.25) is 0 Å². The van der Waals surface area contributed by atoms with Crippen LogP contribution in [-0.4, -0.2) is 64.5 Å². The van der Waals surface area contributed by atoms with Crippen molar-refractivity contribution >= 4 is 12.2 Å². The summed E-state index contributed by atoms with van der Waals surface area (Å²) in [7, 11) is 0. The molecule has 22 heavy (non-hydrogen) atoms. The van der Waals surface area contributed by atoms with Gasteiger partial charge in [-0.25, -0.2) is 14.0 Å². The first-order valence-corrected chi connectivity index (χ1v) is 6.83. The Morgan fingerprint density at radius 1 is 1.27 bits per heavy atom. The van der Waals surface area contributed by atoms with E-state index in [-0.39, 0.29) is 26.2 Å². The summed E-state index contributed by atoms with van der Waals surface area (Å²) in [4.78, 5) is 24.6. The molecule has 1 fully saturated rings. The Bertz CT molecular complexity index is 554. The molecule has 1 aliphatic heterocycles. The summed E-state index contributed by atoms with van der Waals surface area (Å²) >= 11 is 0. The van der Waals surface area contributed by atoms with Crippen LogP contribution < -0.4 is 4.74 Å². The smallest absolute Gasteiger partial charge is 0.407 e. The number of hydrogen-bond acceptors (Lipinski definition) is 3. The maximum absolute atomic E-state index is 13.0. The molecule has 2 rings (SSSR count). The normalized spacial score (nSPS) is 18.1. The molecule has 8 heteroatoms. The van der Waals surface area contributed by atoms with E-state index in [1.54, 1.807) is 6.07 Å². The number of piperazine rings is 1. The first-order valence-electron chi connectivity index (χ1n) is 6.83. The van der Waals surface area contributed by atoms with Crippen LogP contribution in [0.25, 0.3) is 0 Å². The van der Waals surface area contributed by atoms with Crippen molar-refractivity contribution in [3.63, 3.8) is 0 Å². The predicted molar refractivity (Wildman–Crippen MR) is 74.6 cm³/mol. The van der Waals surface area contributed by atoms with Gasteiger partial charge in [0.15, 0.2) is 0 Å². The van der Waals surface area contributed by atoms with Gasteiger partial charge in [0.2, 0.25) is 0 Å². The first kappa shape index (κ1) is 15.9. The van der Waals surface area contributed by atoms with E-state index in [0.29, 0.717) is 12.2 Å². The van der Waals surface area contributed by atoms with Crippen LogP contribution in [0, 0.1) is 5.82 Å². The zero-order chi connectivity index (χ0) is 16.1. The van der Waals surface area contributed by atoms with Crippen molar-refractivity contribution in [2.75, 3.05) is 26.2 Å². The number of benzene rings is 1. The molecule has 0 radical (unpaired) electrons. The van der Waals surface area contributed by atoms with Crippen LogP contribution in [0.1, 0.15) is 6.42 Å². The third kappa shape index (κ3) is 4.00. The van der Waals surface area contributed by atoms with Gasteiger partial charge >= 0.3 is 12.2 Å². The molecule has 0 aliphatic carbocycles. The Morgan fingerprint density at radius 3 is 2.68 bits per heavy atom. The molecule has 0 saturated carbocycles. The van der Waals surface area contributed by atoms with Crippen molar-refractivity contribution in [2.24, 2.45) is 0 Å². The largest absolute Gasteiger partial charge is 0.493 e. The molecule has 0 aromatic heterocycles. The second-order valence-electron chi connectivity index (χ2n) is 4.95. The van der Waals surface area contributed by atoms with E-state index in [1.165, 1.54) is 28.0 Å². The average molecular weight is 312 g/mol. The summed E-state index contributed by atoms with van der Waals surface area (Å²) in [6.07, 6.45) is -1.83. The molecular formula is C14H17FN2O5. The lowest BCUT2D eigenvalue weighted by molar-refractivity contribution is 0.0562. The van der Waals surface area contributed by atoms with E-state index in [0.717, 1.165) is 0 Å². The standard InChI is InChI=1S/C14H17FN2O5/c15-10-2-1-3-12(8-10)22-7-4-11-9-16(13(18)19)5-6-17(11)14(20)21/h1-3,8,11H,4-7,9H2,(H,18,19)(H,20,21)/t11-/m1/s1. The average Bonchev–Trinajstić information content (AvgIpc) is 2.47. The zero-order valence-corrected chi connectivity index (χ0v) is 11.8. The Balaban J connectivity index is 1.92. The van der Waals surface area contributed by atoms with E-state index in [9.17, 15) is 14.0 Å². The van der Waals surface area contributed by atoms with Crippen LogP contribution >= 0.6 is 0 Å². The summed E-state index contributed by atoms with van der Waals surface area (Å²) in [6, 6.07) is 5.17. The molecule has 1 aliphatic rings. The number of hydrogen-bond donors (Lipinski definition) is 2. The number of nitrogens with zero attached hydrogens (tertiary/aromatic N) is 2. The molecule has 120 valence electrons. The maximum Gasteiger partial charge on any atom is 0.407 e. The lowest BCUT2D eigenvalue weighted by atomic mass is 10.1. The minimum Gasteiger partial charge on any atom is -0.493 e. The number of amides is 2. The molecule has 1 heterocycles. The lowest BCUT2D eigenvalue weighted by Crippen LogP contribution is -2.56. The highest BCUT2D eigenvalue weighted by atomic mass is 19.1. The second kappa shape index (κ2) is 6.97. The fraction of sp³-hybridized carbons (Fsp3) is 0.429. The summed E-state index contributed by atoms with van der Waals surface area (Å²) in [5.41, 5.74) is 0.